The second kappa shape index (κ2) is 9.13. The van der Waals surface area contributed by atoms with Gasteiger partial charge in [0, 0.05) is 17.4 Å². The summed E-state index contributed by atoms with van der Waals surface area (Å²) >= 11 is 0. The molecule has 13 heteroatoms. The van der Waals surface area contributed by atoms with Gasteiger partial charge in [-0.25, -0.2) is 26.9 Å². The van der Waals surface area contributed by atoms with Crippen LogP contribution in [0.15, 0.2) is 42.5 Å². The van der Waals surface area contributed by atoms with Gasteiger partial charge in [-0.15, -0.1) is 0 Å². The summed E-state index contributed by atoms with van der Waals surface area (Å²) in [4.78, 5) is 15.9. The lowest BCUT2D eigenvalue weighted by Crippen LogP contribution is -2.19. The first-order chi connectivity index (χ1) is 16.9. The number of nitrogens with zero attached hydrogens (tertiary/aromatic N) is 2. The number of alkyl halides is 3. The van der Waals surface area contributed by atoms with Crippen molar-refractivity contribution in [3.63, 3.8) is 0 Å². The molecule has 0 aliphatic heterocycles. The van der Waals surface area contributed by atoms with Gasteiger partial charge in [-0.2, -0.15) is 13.2 Å². The Morgan fingerprint density at radius 2 is 1.50 bits per heavy atom. The van der Waals surface area contributed by atoms with E-state index in [4.69, 9.17) is 4.74 Å². The van der Waals surface area contributed by atoms with Gasteiger partial charge in [0.15, 0.2) is 23.3 Å². The van der Waals surface area contributed by atoms with Crippen LogP contribution in [0.2, 0.25) is 0 Å². The van der Waals surface area contributed by atoms with Crippen LogP contribution in [0, 0.1) is 29.1 Å². The van der Waals surface area contributed by atoms with Gasteiger partial charge in [0.1, 0.15) is 11.3 Å². The van der Waals surface area contributed by atoms with E-state index in [-0.39, 0.29) is 29.0 Å². The molecule has 0 bridgehead atoms. The zero-order valence-electron chi connectivity index (χ0n) is 18.0. The highest BCUT2D eigenvalue weighted by atomic mass is 19.4. The Morgan fingerprint density at radius 1 is 0.917 bits per heavy atom. The molecule has 0 saturated heterocycles. The highest BCUT2D eigenvalue weighted by Gasteiger charge is 2.38. The van der Waals surface area contributed by atoms with E-state index in [2.05, 4.69) is 4.98 Å². The van der Waals surface area contributed by atoms with E-state index in [0.29, 0.717) is 5.75 Å². The number of rotatable bonds is 5. The molecule has 0 fully saturated rings. The lowest BCUT2D eigenvalue weighted by atomic mass is 10.1. The Balaban J connectivity index is 1.70. The molecule has 0 atom stereocenters. The number of amides is 1. The van der Waals surface area contributed by atoms with E-state index in [1.165, 1.54) is 18.2 Å². The third kappa shape index (κ3) is 4.32. The molecule has 1 heterocycles. The van der Waals surface area contributed by atoms with Crippen LogP contribution in [0.5, 0.6) is 5.75 Å². The van der Waals surface area contributed by atoms with Crippen molar-refractivity contribution in [2.45, 2.75) is 13.1 Å². The number of imidazole rings is 1. The first-order valence-corrected chi connectivity index (χ1v) is 10.1. The maximum atomic E-state index is 13.9. The average Bonchev–Trinajstić information content (AvgIpc) is 3.22. The number of nitrogens with one attached hydrogen (secondary N) is 1. The third-order valence-corrected chi connectivity index (χ3v) is 5.01. The summed E-state index contributed by atoms with van der Waals surface area (Å²) in [5.41, 5.74) is -1.85. The maximum absolute atomic E-state index is 13.9. The number of aromatic nitrogens is 2. The van der Waals surface area contributed by atoms with Crippen molar-refractivity contribution in [1.82, 2.24) is 9.55 Å². The number of anilines is 1. The largest absolute Gasteiger partial charge is 0.494 e. The van der Waals surface area contributed by atoms with Crippen molar-refractivity contribution < 1.29 is 44.7 Å². The van der Waals surface area contributed by atoms with Crippen molar-refractivity contribution in [2.75, 3.05) is 11.9 Å². The molecular weight excluding hydrogens is 502 g/mol. The Morgan fingerprint density at radius 3 is 2.06 bits per heavy atom. The predicted molar refractivity (Wildman–Crippen MR) is 111 cm³/mol. The minimum absolute atomic E-state index is 0.00281. The van der Waals surface area contributed by atoms with Crippen molar-refractivity contribution in [3.05, 3.63) is 82.9 Å². The number of fused-ring (bicyclic) bond motifs is 1. The number of ether oxygens (including phenoxy) is 1. The van der Waals surface area contributed by atoms with Gasteiger partial charge in [0.25, 0.3) is 5.91 Å². The first kappa shape index (κ1) is 24.9. The summed E-state index contributed by atoms with van der Waals surface area (Å²) in [5, 5.41) is 1.95. The summed E-state index contributed by atoms with van der Waals surface area (Å²) < 4.78 is 115. The van der Waals surface area contributed by atoms with Gasteiger partial charge in [-0.3, -0.25) is 9.36 Å². The fourth-order valence-electron chi connectivity index (χ4n) is 3.46. The molecule has 1 aromatic heterocycles. The van der Waals surface area contributed by atoms with E-state index < -0.39 is 52.6 Å². The Bertz CT molecular complexity index is 1450. The summed E-state index contributed by atoms with van der Waals surface area (Å²) in [6.45, 7) is 1.99. The fraction of sp³-hybridized carbons (Fsp3) is 0.130. The SMILES string of the molecule is CCOc1ccc2c(c1)nc(C(F)(F)F)n2-c1ccc(NC(=O)c2c(F)c(F)c(F)c(F)c2F)cc1. The molecule has 0 spiro atoms. The number of benzene rings is 3. The molecule has 4 aromatic rings. The van der Waals surface area contributed by atoms with Crippen molar-refractivity contribution in [2.24, 2.45) is 0 Å². The molecule has 5 nitrogen and oxygen atoms in total. The topological polar surface area (TPSA) is 56.1 Å². The van der Waals surface area contributed by atoms with Crippen molar-refractivity contribution >= 4 is 22.6 Å². The van der Waals surface area contributed by atoms with Crippen LogP contribution in [0.4, 0.5) is 40.8 Å². The summed E-state index contributed by atoms with van der Waals surface area (Å²) in [7, 11) is 0. The smallest absolute Gasteiger partial charge is 0.450 e. The molecule has 0 aliphatic carbocycles. The third-order valence-electron chi connectivity index (χ3n) is 5.01. The second-order valence-electron chi connectivity index (χ2n) is 7.30. The van der Waals surface area contributed by atoms with Gasteiger partial charge in [0.2, 0.25) is 11.6 Å². The van der Waals surface area contributed by atoms with E-state index in [1.807, 2.05) is 5.32 Å². The number of halogens is 8. The maximum Gasteiger partial charge on any atom is 0.450 e. The predicted octanol–water partition coefficient (Wildman–Crippen LogP) is 6.39. The van der Waals surface area contributed by atoms with Crippen molar-refractivity contribution in [3.8, 4) is 11.4 Å². The molecule has 36 heavy (non-hydrogen) atoms. The minimum Gasteiger partial charge on any atom is -0.494 e. The van der Waals surface area contributed by atoms with E-state index in [1.54, 1.807) is 6.92 Å². The summed E-state index contributed by atoms with van der Waals surface area (Å²) in [6, 6.07) is 8.62. The molecule has 0 saturated carbocycles. The highest BCUT2D eigenvalue weighted by molar-refractivity contribution is 6.04. The normalized spacial score (nSPS) is 11.7. The van der Waals surface area contributed by atoms with Gasteiger partial charge >= 0.3 is 6.18 Å². The monoisotopic (exact) mass is 515 g/mol. The van der Waals surface area contributed by atoms with Crippen LogP contribution in [0.1, 0.15) is 23.1 Å². The lowest BCUT2D eigenvalue weighted by molar-refractivity contribution is -0.145. The molecule has 0 unspecified atom stereocenters. The van der Waals surface area contributed by atoms with Gasteiger partial charge in [-0.05, 0) is 43.3 Å². The van der Waals surface area contributed by atoms with Gasteiger partial charge in [0.05, 0.1) is 17.6 Å². The molecule has 1 N–H and O–H groups in total. The zero-order chi connectivity index (χ0) is 26.4. The quantitative estimate of drug-likeness (QED) is 0.190. The van der Waals surface area contributed by atoms with Crippen LogP contribution in [-0.4, -0.2) is 22.1 Å². The van der Waals surface area contributed by atoms with Crippen LogP contribution < -0.4 is 10.1 Å². The lowest BCUT2D eigenvalue weighted by Gasteiger charge is -2.13. The number of hydrogen-bond acceptors (Lipinski definition) is 3. The number of carbonyl (C=O) groups excluding carboxylic acids is 1. The van der Waals surface area contributed by atoms with Gasteiger partial charge in [-0.1, -0.05) is 0 Å². The van der Waals surface area contributed by atoms with E-state index >= 15 is 0 Å². The summed E-state index contributed by atoms with van der Waals surface area (Å²) in [6.07, 6.45) is -4.84. The molecule has 0 aliphatic rings. The van der Waals surface area contributed by atoms with E-state index in [9.17, 15) is 39.9 Å². The summed E-state index contributed by atoms with van der Waals surface area (Å²) in [5.74, 6) is -14.3. The van der Waals surface area contributed by atoms with Crippen LogP contribution >= 0.6 is 0 Å². The van der Waals surface area contributed by atoms with Crippen molar-refractivity contribution in [1.29, 1.82) is 0 Å². The molecule has 1 amide bonds. The van der Waals surface area contributed by atoms with Gasteiger partial charge < -0.3 is 10.1 Å². The average molecular weight is 515 g/mol. The zero-order valence-corrected chi connectivity index (χ0v) is 18.0. The molecular formula is C23H13F8N3O2. The molecule has 0 radical (unpaired) electrons. The van der Waals surface area contributed by atoms with E-state index in [0.717, 1.165) is 28.8 Å². The highest BCUT2D eigenvalue weighted by Crippen LogP contribution is 2.35. The second-order valence-corrected chi connectivity index (χ2v) is 7.30. The number of hydrogen-bond donors (Lipinski definition) is 1. The Kier molecular flexibility index (Phi) is 6.33. The Hall–Kier alpha value is -4.16. The molecule has 188 valence electrons. The molecule has 3 aromatic carbocycles. The van der Waals surface area contributed by atoms with Crippen LogP contribution in [0.3, 0.4) is 0 Å². The minimum atomic E-state index is -4.84. The van der Waals surface area contributed by atoms with Crippen LogP contribution in [0.25, 0.3) is 16.7 Å². The molecule has 4 rings (SSSR count). The Labute approximate surface area is 196 Å². The first-order valence-electron chi connectivity index (χ1n) is 10.1. The van der Waals surface area contributed by atoms with Crippen LogP contribution in [-0.2, 0) is 6.18 Å². The number of carbonyl (C=O) groups is 1. The fourth-order valence-corrected chi connectivity index (χ4v) is 3.46. The standard InChI is InChI=1S/C23H13F8N3O2/c1-2-36-12-7-8-14-13(9-12)33-22(23(29,30)31)34(14)11-5-3-10(4-6-11)32-21(35)15-16(24)18(26)20(28)19(27)17(15)25/h3-9H,2H2,1H3,(H,32,35).